The van der Waals surface area contributed by atoms with Crippen LogP contribution in [-0.4, -0.2) is 19.3 Å². The zero-order valence-corrected chi connectivity index (χ0v) is 26.3. The summed E-state index contributed by atoms with van der Waals surface area (Å²) in [5, 5.41) is 10.5. The topological polar surface area (TPSA) is 37.3 Å². The van der Waals surface area contributed by atoms with Crippen LogP contribution in [0.1, 0.15) is 68.0 Å². The molecule has 0 aliphatic heterocycles. The maximum Gasteiger partial charge on any atom is 1.00 e. The Kier molecular flexibility index (Phi) is 9.55. The van der Waals surface area contributed by atoms with Crippen LogP contribution >= 0.6 is 0 Å². The first-order chi connectivity index (χ1) is 19.7. The van der Waals surface area contributed by atoms with Crippen molar-refractivity contribution in [3.05, 3.63) is 153 Å². The number of Topliss-reactive ketones (excluding diaryl/α,β-unsaturated/α-hetero) is 1. The van der Waals surface area contributed by atoms with E-state index in [4.69, 9.17) is 0 Å². The van der Waals surface area contributed by atoms with E-state index in [1.807, 2.05) is 24.3 Å². The molecule has 2 nitrogen and oxygen atoms in total. The Morgan fingerprint density at radius 1 is 0.667 bits per heavy atom. The molecular formula is C38H35BNaO2. The van der Waals surface area contributed by atoms with Gasteiger partial charge in [-0.25, -0.2) is 0 Å². The molecule has 4 aromatic rings. The summed E-state index contributed by atoms with van der Waals surface area (Å²) in [5.74, 6) is 0.751. The molecule has 0 bridgehead atoms. The predicted octanol–water partition coefficient (Wildman–Crippen LogP) is 4.29. The third-order valence-electron chi connectivity index (χ3n) is 9.19. The number of allylic oxidation sites excluding steroid dienone is 2. The SMILES string of the molecule is O=C1c2ccccc2CC1Cc1cccc2c1C=CC2.OC1c2ccccc2CC1Cc1cccc2c1C=CC2.[B].[H-].[Na+]. The summed E-state index contributed by atoms with van der Waals surface area (Å²) in [6.45, 7) is 0. The largest absolute Gasteiger partial charge is 1.00 e. The summed E-state index contributed by atoms with van der Waals surface area (Å²) in [6.07, 6.45) is 14.4. The second kappa shape index (κ2) is 13.1. The van der Waals surface area contributed by atoms with Crippen LogP contribution in [0, 0.1) is 11.8 Å². The number of hydrogen-bond acceptors (Lipinski definition) is 2. The van der Waals surface area contributed by atoms with Crippen LogP contribution in [0.2, 0.25) is 0 Å². The van der Waals surface area contributed by atoms with Crippen molar-refractivity contribution in [2.75, 3.05) is 0 Å². The van der Waals surface area contributed by atoms with Crippen molar-refractivity contribution in [3.63, 3.8) is 0 Å². The van der Waals surface area contributed by atoms with Crippen LogP contribution in [0.25, 0.3) is 12.2 Å². The molecule has 4 aliphatic carbocycles. The van der Waals surface area contributed by atoms with Gasteiger partial charge >= 0.3 is 29.6 Å². The molecule has 203 valence electrons. The Morgan fingerprint density at radius 3 is 1.88 bits per heavy atom. The second-order valence-corrected chi connectivity index (χ2v) is 11.6. The van der Waals surface area contributed by atoms with Crippen LogP contribution in [0.5, 0.6) is 0 Å². The van der Waals surface area contributed by atoms with E-state index in [2.05, 4.69) is 85.0 Å². The molecule has 1 N–H and O–H groups in total. The number of carbonyl (C=O) groups is 1. The number of fused-ring (bicyclic) bond motifs is 4. The Hall–Kier alpha value is -2.95. The van der Waals surface area contributed by atoms with Gasteiger partial charge in [0.2, 0.25) is 0 Å². The number of carbonyl (C=O) groups excluding carboxylic acids is 1. The molecule has 4 aliphatic rings. The molecule has 0 amide bonds. The quantitative estimate of drug-likeness (QED) is 0.381. The fraction of sp³-hybridized carbons (Fsp3) is 0.237. The van der Waals surface area contributed by atoms with E-state index < -0.39 is 0 Å². The number of benzene rings is 4. The molecule has 8 rings (SSSR count). The van der Waals surface area contributed by atoms with Crippen molar-refractivity contribution in [1.82, 2.24) is 0 Å². The molecule has 0 heterocycles. The number of aliphatic hydroxyl groups is 1. The first-order valence-corrected chi connectivity index (χ1v) is 14.6. The van der Waals surface area contributed by atoms with E-state index in [0.29, 0.717) is 11.7 Å². The van der Waals surface area contributed by atoms with E-state index in [-0.39, 0.29) is 51.4 Å². The van der Waals surface area contributed by atoms with Gasteiger partial charge in [0, 0.05) is 19.9 Å². The maximum atomic E-state index is 12.5. The zero-order chi connectivity index (χ0) is 27.1. The Bertz CT molecular complexity index is 1680. The van der Waals surface area contributed by atoms with Gasteiger partial charge < -0.3 is 6.53 Å². The fourth-order valence-corrected chi connectivity index (χ4v) is 7.15. The maximum absolute atomic E-state index is 12.5. The van der Waals surface area contributed by atoms with Crippen molar-refractivity contribution in [1.29, 1.82) is 0 Å². The normalized spacial score (nSPS) is 20.0. The molecule has 0 saturated heterocycles. The monoisotopic (exact) mass is 557 g/mol. The van der Waals surface area contributed by atoms with E-state index in [0.717, 1.165) is 49.7 Å². The van der Waals surface area contributed by atoms with Gasteiger partial charge in [-0.1, -0.05) is 109 Å². The number of hydrogen-bond donors (Lipinski definition) is 1. The Morgan fingerprint density at radius 2 is 1.24 bits per heavy atom. The van der Waals surface area contributed by atoms with Crippen molar-refractivity contribution >= 4 is 26.3 Å². The van der Waals surface area contributed by atoms with Crippen molar-refractivity contribution in [2.45, 2.75) is 44.6 Å². The van der Waals surface area contributed by atoms with Crippen LogP contribution in [-0.2, 0) is 38.5 Å². The molecule has 3 atom stereocenters. The van der Waals surface area contributed by atoms with E-state index in [1.54, 1.807) is 0 Å². The third-order valence-corrected chi connectivity index (χ3v) is 9.19. The minimum Gasteiger partial charge on any atom is -1.00 e. The van der Waals surface area contributed by atoms with Gasteiger partial charge in [0.05, 0.1) is 6.10 Å². The second-order valence-electron chi connectivity index (χ2n) is 11.6. The first-order valence-electron chi connectivity index (χ1n) is 14.6. The molecular weight excluding hydrogens is 522 g/mol. The van der Waals surface area contributed by atoms with Crippen molar-refractivity contribution in [2.24, 2.45) is 11.8 Å². The van der Waals surface area contributed by atoms with E-state index in [1.165, 1.54) is 44.5 Å². The molecule has 42 heavy (non-hydrogen) atoms. The first kappa shape index (κ1) is 30.5. The molecule has 0 aromatic heterocycles. The minimum atomic E-state index is -0.313. The summed E-state index contributed by atoms with van der Waals surface area (Å²) < 4.78 is 0. The average Bonchev–Trinajstić information content (AvgIpc) is 3.77. The Balaban J connectivity index is 0.000000184. The minimum absolute atomic E-state index is 0. The summed E-state index contributed by atoms with van der Waals surface area (Å²) in [7, 11) is 0. The van der Waals surface area contributed by atoms with Gasteiger partial charge in [0.15, 0.2) is 5.78 Å². The predicted molar refractivity (Wildman–Crippen MR) is 169 cm³/mol. The Labute approximate surface area is 274 Å². The van der Waals surface area contributed by atoms with Gasteiger partial charge in [-0.3, -0.25) is 4.79 Å². The van der Waals surface area contributed by atoms with Gasteiger partial charge in [-0.2, -0.15) is 0 Å². The smallest absolute Gasteiger partial charge is 1.00 e. The van der Waals surface area contributed by atoms with Crippen molar-refractivity contribution in [3.8, 4) is 0 Å². The van der Waals surface area contributed by atoms with E-state index >= 15 is 0 Å². The molecule has 4 aromatic carbocycles. The van der Waals surface area contributed by atoms with Gasteiger partial charge in [-0.15, -0.1) is 0 Å². The zero-order valence-electron chi connectivity index (χ0n) is 25.3. The number of rotatable bonds is 4. The summed E-state index contributed by atoms with van der Waals surface area (Å²) in [5.41, 5.74) is 12.8. The molecule has 0 saturated carbocycles. The van der Waals surface area contributed by atoms with Gasteiger partial charge in [0.25, 0.3) is 0 Å². The average molecular weight is 557 g/mol. The standard InChI is InChI=1S/C19H18O.C19H16O.B.Na.H/c2*20-19-16(12-15-5-1-2-9-18(15)19)11-14-8-3-6-13-7-4-10-17(13)14;;;/h1-6,8-10,16,19-20H,7,11-12H2;1-6,8-10,16H,7,11-12H2;;;/q;;;+1;-1. The van der Waals surface area contributed by atoms with Crippen LogP contribution in [0.4, 0.5) is 0 Å². The molecule has 0 fully saturated rings. The van der Waals surface area contributed by atoms with Gasteiger partial charge in [-0.05, 0) is 94.5 Å². The van der Waals surface area contributed by atoms with Crippen LogP contribution < -0.4 is 29.6 Å². The van der Waals surface area contributed by atoms with Gasteiger partial charge in [0.1, 0.15) is 0 Å². The molecule has 3 unspecified atom stereocenters. The summed E-state index contributed by atoms with van der Waals surface area (Å²) >= 11 is 0. The molecule has 4 heteroatoms. The number of aliphatic hydroxyl groups excluding tert-OH is 1. The van der Waals surface area contributed by atoms with E-state index in [9.17, 15) is 9.90 Å². The van der Waals surface area contributed by atoms with Crippen molar-refractivity contribution < 1.29 is 40.9 Å². The summed E-state index contributed by atoms with van der Waals surface area (Å²) in [4.78, 5) is 12.5. The number of ketones is 1. The molecule has 0 spiro atoms. The third kappa shape index (κ3) is 5.81. The van der Waals surface area contributed by atoms with Crippen LogP contribution in [0.15, 0.2) is 97.1 Å². The molecule has 3 radical (unpaired) electrons. The van der Waals surface area contributed by atoms with Crippen LogP contribution in [0.3, 0.4) is 0 Å². The fourth-order valence-electron chi connectivity index (χ4n) is 7.15. The summed E-state index contributed by atoms with van der Waals surface area (Å²) in [6, 6.07) is 29.4.